The van der Waals surface area contributed by atoms with Crippen molar-refractivity contribution in [1.29, 1.82) is 0 Å². The van der Waals surface area contributed by atoms with Crippen LogP contribution in [0.15, 0.2) is 18.2 Å². The maximum absolute atomic E-state index is 14.1. The van der Waals surface area contributed by atoms with Crippen molar-refractivity contribution in [1.82, 2.24) is 14.9 Å². The summed E-state index contributed by atoms with van der Waals surface area (Å²) in [6.45, 7) is 1.59. The first-order chi connectivity index (χ1) is 9.74. The molecule has 3 nitrogen and oxygen atoms in total. The monoisotopic (exact) mass is 275 g/mol. The van der Waals surface area contributed by atoms with Crippen molar-refractivity contribution in [3.05, 3.63) is 47.0 Å². The molecule has 0 atom stereocenters. The van der Waals surface area contributed by atoms with Crippen molar-refractivity contribution in [3.63, 3.8) is 0 Å². The van der Waals surface area contributed by atoms with E-state index in [0.717, 1.165) is 55.6 Å². The van der Waals surface area contributed by atoms with Gasteiger partial charge in [-0.1, -0.05) is 0 Å². The van der Waals surface area contributed by atoms with Crippen LogP contribution in [-0.4, -0.2) is 16.1 Å². The number of hydrogen-bond donors (Lipinski definition) is 1. The van der Waals surface area contributed by atoms with Crippen LogP contribution in [0.25, 0.3) is 5.69 Å². The first-order valence-corrected chi connectivity index (χ1v) is 7.00. The van der Waals surface area contributed by atoms with Crippen molar-refractivity contribution < 1.29 is 8.78 Å². The van der Waals surface area contributed by atoms with Gasteiger partial charge in [0.25, 0.3) is 0 Å². The lowest BCUT2D eigenvalue weighted by atomic mass is 10.1. The molecule has 1 aromatic heterocycles. The molecule has 2 aliphatic rings. The molecule has 0 amide bonds. The predicted molar refractivity (Wildman–Crippen MR) is 70.9 cm³/mol. The number of imidazole rings is 1. The lowest BCUT2D eigenvalue weighted by Crippen LogP contribution is -2.25. The summed E-state index contributed by atoms with van der Waals surface area (Å²) in [7, 11) is 0. The van der Waals surface area contributed by atoms with Crippen LogP contribution in [0, 0.1) is 11.6 Å². The van der Waals surface area contributed by atoms with E-state index >= 15 is 0 Å². The van der Waals surface area contributed by atoms with Crippen molar-refractivity contribution in [3.8, 4) is 5.69 Å². The molecule has 104 valence electrons. The van der Waals surface area contributed by atoms with Gasteiger partial charge < -0.3 is 5.32 Å². The fourth-order valence-corrected chi connectivity index (χ4v) is 2.88. The zero-order valence-electron chi connectivity index (χ0n) is 11.0. The number of hydrogen-bond acceptors (Lipinski definition) is 2. The molecule has 0 unspecified atom stereocenters. The minimum absolute atomic E-state index is 0.420. The summed E-state index contributed by atoms with van der Waals surface area (Å²) in [5.74, 6) is 0.287. The van der Waals surface area contributed by atoms with Gasteiger partial charge in [-0.15, -0.1) is 0 Å². The van der Waals surface area contributed by atoms with E-state index in [-0.39, 0.29) is 0 Å². The van der Waals surface area contributed by atoms with Gasteiger partial charge in [0, 0.05) is 37.2 Å². The Bertz CT molecular complexity index is 674. The zero-order chi connectivity index (χ0) is 13.7. The average molecular weight is 275 g/mol. The Balaban J connectivity index is 1.93. The van der Waals surface area contributed by atoms with Crippen LogP contribution in [0.3, 0.4) is 0 Å². The second-order valence-electron chi connectivity index (χ2n) is 5.50. The maximum Gasteiger partial charge on any atom is 0.150 e. The topological polar surface area (TPSA) is 29.9 Å². The van der Waals surface area contributed by atoms with Crippen molar-refractivity contribution in [2.45, 2.75) is 31.7 Å². The van der Waals surface area contributed by atoms with E-state index in [1.54, 1.807) is 0 Å². The quantitative estimate of drug-likeness (QED) is 0.913. The van der Waals surface area contributed by atoms with Gasteiger partial charge >= 0.3 is 0 Å². The van der Waals surface area contributed by atoms with Crippen LogP contribution in [0.1, 0.15) is 36.0 Å². The molecule has 1 N–H and O–H groups in total. The van der Waals surface area contributed by atoms with Gasteiger partial charge in [-0.2, -0.15) is 0 Å². The summed E-state index contributed by atoms with van der Waals surface area (Å²) >= 11 is 0. The third-order valence-corrected chi connectivity index (χ3v) is 4.01. The van der Waals surface area contributed by atoms with Crippen molar-refractivity contribution >= 4 is 0 Å². The normalized spacial score (nSPS) is 18.1. The van der Waals surface area contributed by atoms with Gasteiger partial charge in [-0.3, -0.25) is 4.57 Å². The predicted octanol–water partition coefficient (Wildman–Crippen LogP) is 2.67. The molecule has 0 spiro atoms. The maximum atomic E-state index is 14.1. The molecule has 1 aliphatic heterocycles. The minimum atomic E-state index is -0.546. The molecule has 1 aliphatic carbocycles. The molecule has 20 heavy (non-hydrogen) atoms. The third-order valence-electron chi connectivity index (χ3n) is 4.01. The molecular weight excluding hydrogens is 260 g/mol. The largest absolute Gasteiger partial charge is 0.311 e. The Morgan fingerprint density at radius 1 is 1.25 bits per heavy atom. The molecule has 0 saturated heterocycles. The van der Waals surface area contributed by atoms with Crippen molar-refractivity contribution in [2.75, 3.05) is 6.54 Å². The number of halogens is 2. The van der Waals surface area contributed by atoms with E-state index in [0.29, 0.717) is 11.6 Å². The van der Waals surface area contributed by atoms with Crippen LogP contribution in [0.5, 0.6) is 0 Å². The second-order valence-corrected chi connectivity index (χ2v) is 5.50. The Hall–Kier alpha value is -1.75. The van der Waals surface area contributed by atoms with Gasteiger partial charge in [0.1, 0.15) is 17.5 Å². The highest BCUT2D eigenvalue weighted by Crippen LogP contribution is 2.41. The second kappa shape index (κ2) is 4.38. The number of nitrogens with one attached hydrogen (secondary N) is 1. The molecule has 4 rings (SSSR count). The molecule has 0 radical (unpaired) electrons. The molecule has 2 heterocycles. The summed E-state index contributed by atoms with van der Waals surface area (Å²) in [5.41, 5.74) is 2.49. The Morgan fingerprint density at radius 3 is 2.85 bits per heavy atom. The average Bonchev–Trinajstić information content (AvgIpc) is 3.21. The zero-order valence-corrected chi connectivity index (χ0v) is 11.0. The van der Waals surface area contributed by atoms with Gasteiger partial charge in [-0.25, -0.2) is 13.8 Å². The Kier molecular flexibility index (Phi) is 2.63. The standard InChI is InChI=1S/C15H15F2N3/c16-10-3-4-13(11(17)7-10)20-14-5-6-18-8-12(14)19-15(20)9-1-2-9/h3-4,7,9,18H,1-2,5-6,8H2. The Morgan fingerprint density at radius 2 is 2.10 bits per heavy atom. The molecule has 0 bridgehead atoms. The highest BCUT2D eigenvalue weighted by Gasteiger charge is 2.33. The lowest BCUT2D eigenvalue weighted by molar-refractivity contribution is 0.571. The lowest BCUT2D eigenvalue weighted by Gasteiger charge is -2.16. The number of fused-ring (bicyclic) bond motifs is 1. The van der Waals surface area contributed by atoms with Gasteiger partial charge in [-0.05, 0) is 25.0 Å². The fraction of sp³-hybridized carbons (Fsp3) is 0.400. The van der Waals surface area contributed by atoms with Crippen LogP contribution >= 0.6 is 0 Å². The van der Waals surface area contributed by atoms with E-state index in [4.69, 9.17) is 4.98 Å². The first-order valence-electron chi connectivity index (χ1n) is 7.00. The smallest absolute Gasteiger partial charge is 0.150 e. The highest BCUT2D eigenvalue weighted by atomic mass is 19.1. The summed E-state index contributed by atoms with van der Waals surface area (Å²) < 4.78 is 29.2. The van der Waals surface area contributed by atoms with E-state index in [1.807, 2.05) is 4.57 Å². The number of benzene rings is 1. The summed E-state index contributed by atoms with van der Waals surface area (Å²) in [6, 6.07) is 3.77. The van der Waals surface area contributed by atoms with E-state index < -0.39 is 11.6 Å². The molecule has 1 saturated carbocycles. The third kappa shape index (κ3) is 1.85. The number of nitrogens with zero attached hydrogens (tertiary/aromatic N) is 2. The highest BCUT2D eigenvalue weighted by molar-refractivity contribution is 5.41. The SMILES string of the molecule is Fc1ccc(-n2c(C3CC3)nc3c2CCNC3)c(F)c1. The van der Waals surface area contributed by atoms with Crippen LogP contribution < -0.4 is 5.32 Å². The number of rotatable bonds is 2. The molecule has 5 heteroatoms. The summed E-state index contributed by atoms with van der Waals surface area (Å²) in [5, 5.41) is 3.29. The Labute approximate surface area is 115 Å². The first kappa shape index (κ1) is 12.0. The van der Waals surface area contributed by atoms with Crippen molar-refractivity contribution in [2.24, 2.45) is 0 Å². The molecular formula is C15H15F2N3. The minimum Gasteiger partial charge on any atom is -0.311 e. The van der Waals surface area contributed by atoms with Crippen LogP contribution in [0.4, 0.5) is 8.78 Å². The summed E-state index contributed by atoms with van der Waals surface area (Å²) in [4.78, 5) is 4.69. The number of aromatic nitrogens is 2. The van der Waals surface area contributed by atoms with Gasteiger partial charge in [0.15, 0.2) is 0 Å². The van der Waals surface area contributed by atoms with Gasteiger partial charge in [0.2, 0.25) is 0 Å². The van der Waals surface area contributed by atoms with Crippen LogP contribution in [-0.2, 0) is 13.0 Å². The summed E-state index contributed by atoms with van der Waals surface area (Å²) in [6.07, 6.45) is 3.03. The van der Waals surface area contributed by atoms with E-state index in [1.165, 1.54) is 12.1 Å². The molecule has 2 aromatic rings. The van der Waals surface area contributed by atoms with Crippen LogP contribution in [0.2, 0.25) is 0 Å². The van der Waals surface area contributed by atoms with E-state index in [9.17, 15) is 8.78 Å². The molecule has 1 aromatic carbocycles. The van der Waals surface area contributed by atoms with Gasteiger partial charge in [0.05, 0.1) is 11.4 Å². The van der Waals surface area contributed by atoms with E-state index in [2.05, 4.69) is 5.32 Å². The fourth-order valence-electron chi connectivity index (χ4n) is 2.88. The molecule has 1 fully saturated rings.